The molecule has 0 atom stereocenters. The van der Waals surface area contributed by atoms with Crippen LogP contribution < -0.4 is 0 Å². The van der Waals surface area contributed by atoms with Crippen molar-refractivity contribution in [2.45, 2.75) is 19.4 Å². The molecule has 1 aromatic rings. The van der Waals surface area contributed by atoms with Crippen LogP contribution in [0, 0.1) is 3.57 Å². The standard InChI is InChI=1S/C11H11IO4/c12-9-3-1-8(2-4-9)7-16-11(15)6-5-10(13)14/h1-4H,5-7H2,(H,13,14). The molecule has 1 aromatic carbocycles. The molecule has 0 aliphatic heterocycles. The molecule has 0 bridgehead atoms. The normalized spacial score (nSPS) is 9.81. The fraction of sp³-hybridized carbons (Fsp3) is 0.273. The summed E-state index contributed by atoms with van der Waals surface area (Å²) in [6.45, 7) is 0.190. The van der Waals surface area contributed by atoms with Gasteiger partial charge in [0.2, 0.25) is 0 Å². The zero-order valence-electron chi connectivity index (χ0n) is 8.48. The van der Waals surface area contributed by atoms with Crippen molar-refractivity contribution in [3.05, 3.63) is 33.4 Å². The van der Waals surface area contributed by atoms with Crippen molar-refractivity contribution in [3.8, 4) is 0 Å². The molecule has 1 rings (SSSR count). The monoisotopic (exact) mass is 334 g/mol. The van der Waals surface area contributed by atoms with Gasteiger partial charge in [0.05, 0.1) is 12.8 Å². The average Bonchev–Trinajstić information content (AvgIpc) is 2.25. The lowest BCUT2D eigenvalue weighted by Crippen LogP contribution is -2.07. The summed E-state index contributed by atoms with van der Waals surface area (Å²) in [4.78, 5) is 21.3. The summed E-state index contributed by atoms with van der Waals surface area (Å²) >= 11 is 2.19. The van der Waals surface area contributed by atoms with Crippen LogP contribution in [0.4, 0.5) is 0 Å². The quantitative estimate of drug-likeness (QED) is 0.662. The van der Waals surface area contributed by atoms with Gasteiger partial charge >= 0.3 is 11.9 Å². The average molecular weight is 334 g/mol. The van der Waals surface area contributed by atoms with Crippen LogP contribution in [0.15, 0.2) is 24.3 Å². The highest BCUT2D eigenvalue weighted by atomic mass is 127. The van der Waals surface area contributed by atoms with E-state index in [1.807, 2.05) is 24.3 Å². The Hall–Kier alpha value is -1.11. The smallest absolute Gasteiger partial charge is 0.306 e. The number of hydrogen-bond donors (Lipinski definition) is 1. The van der Waals surface area contributed by atoms with Crippen LogP contribution in [0.2, 0.25) is 0 Å². The highest BCUT2D eigenvalue weighted by Gasteiger charge is 2.06. The molecule has 0 aromatic heterocycles. The molecule has 0 unspecified atom stereocenters. The van der Waals surface area contributed by atoms with Crippen molar-refractivity contribution in [1.82, 2.24) is 0 Å². The molecule has 0 spiro atoms. The van der Waals surface area contributed by atoms with Gasteiger partial charge in [0.1, 0.15) is 6.61 Å². The lowest BCUT2D eigenvalue weighted by Gasteiger charge is -2.03. The molecular formula is C11H11IO4. The maximum absolute atomic E-state index is 11.1. The zero-order chi connectivity index (χ0) is 12.0. The van der Waals surface area contributed by atoms with Gasteiger partial charge in [-0.3, -0.25) is 9.59 Å². The fourth-order valence-electron chi connectivity index (χ4n) is 1.03. The van der Waals surface area contributed by atoms with E-state index >= 15 is 0 Å². The Kier molecular flexibility index (Phi) is 5.24. The molecular weight excluding hydrogens is 323 g/mol. The molecule has 1 N–H and O–H groups in total. The predicted molar refractivity (Wildman–Crippen MR) is 65.8 cm³/mol. The minimum Gasteiger partial charge on any atom is -0.481 e. The molecule has 0 radical (unpaired) electrons. The second-order valence-electron chi connectivity index (χ2n) is 3.18. The van der Waals surface area contributed by atoms with Crippen molar-refractivity contribution in [3.63, 3.8) is 0 Å². The molecule has 5 heteroatoms. The molecule has 16 heavy (non-hydrogen) atoms. The number of carboxylic acids is 1. The molecule has 0 heterocycles. The van der Waals surface area contributed by atoms with E-state index < -0.39 is 11.9 Å². The first-order chi connectivity index (χ1) is 7.58. The number of carboxylic acid groups (broad SMARTS) is 1. The predicted octanol–water partition coefficient (Wildman–Crippen LogP) is 2.20. The van der Waals surface area contributed by atoms with E-state index in [0.717, 1.165) is 9.13 Å². The summed E-state index contributed by atoms with van der Waals surface area (Å²) in [5, 5.41) is 8.37. The Labute approximate surface area is 107 Å². The molecule has 0 amide bonds. The van der Waals surface area contributed by atoms with Gasteiger partial charge in [-0.15, -0.1) is 0 Å². The Morgan fingerprint density at radius 2 is 1.81 bits per heavy atom. The second kappa shape index (κ2) is 6.47. The third kappa shape index (κ3) is 5.11. The molecule has 4 nitrogen and oxygen atoms in total. The zero-order valence-corrected chi connectivity index (χ0v) is 10.6. The van der Waals surface area contributed by atoms with E-state index in [1.54, 1.807) is 0 Å². The van der Waals surface area contributed by atoms with E-state index in [1.165, 1.54) is 0 Å². The van der Waals surface area contributed by atoms with Crippen molar-refractivity contribution in [2.75, 3.05) is 0 Å². The van der Waals surface area contributed by atoms with Gasteiger partial charge in [0.25, 0.3) is 0 Å². The van der Waals surface area contributed by atoms with Gasteiger partial charge in [0, 0.05) is 3.57 Å². The lowest BCUT2D eigenvalue weighted by molar-refractivity contribution is -0.148. The van der Waals surface area contributed by atoms with Crippen molar-refractivity contribution < 1.29 is 19.4 Å². The molecule has 86 valence electrons. The van der Waals surface area contributed by atoms with Crippen LogP contribution in [0.1, 0.15) is 18.4 Å². The maximum Gasteiger partial charge on any atom is 0.306 e. The number of ether oxygens (including phenoxy) is 1. The van der Waals surface area contributed by atoms with Gasteiger partial charge < -0.3 is 9.84 Å². The van der Waals surface area contributed by atoms with Crippen molar-refractivity contribution in [1.29, 1.82) is 0 Å². The molecule has 0 saturated heterocycles. The highest BCUT2D eigenvalue weighted by Crippen LogP contribution is 2.08. The Morgan fingerprint density at radius 1 is 1.19 bits per heavy atom. The number of rotatable bonds is 5. The Balaban J connectivity index is 2.31. The van der Waals surface area contributed by atoms with Gasteiger partial charge in [-0.25, -0.2) is 0 Å². The molecule has 0 aliphatic rings. The number of benzene rings is 1. The summed E-state index contributed by atoms with van der Waals surface area (Å²) in [5.41, 5.74) is 0.893. The van der Waals surface area contributed by atoms with E-state index in [9.17, 15) is 9.59 Å². The van der Waals surface area contributed by atoms with Gasteiger partial charge in [-0.1, -0.05) is 12.1 Å². The topological polar surface area (TPSA) is 63.6 Å². The lowest BCUT2D eigenvalue weighted by atomic mass is 10.2. The number of carbonyl (C=O) groups excluding carboxylic acids is 1. The van der Waals surface area contributed by atoms with E-state index in [2.05, 4.69) is 22.6 Å². The first-order valence-corrected chi connectivity index (χ1v) is 5.77. The summed E-state index contributed by atoms with van der Waals surface area (Å²) in [6, 6.07) is 7.57. The van der Waals surface area contributed by atoms with E-state index in [0.29, 0.717) is 0 Å². The van der Waals surface area contributed by atoms with Crippen molar-refractivity contribution >= 4 is 34.5 Å². The van der Waals surface area contributed by atoms with E-state index in [4.69, 9.17) is 9.84 Å². The van der Waals surface area contributed by atoms with Gasteiger partial charge in [-0.2, -0.15) is 0 Å². The first-order valence-electron chi connectivity index (χ1n) is 4.70. The highest BCUT2D eigenvalue weighted by molar-refractivity contribution is 14.1. The maximum atomic E-state index is 11.1. The van der Waals surface area contributed by atoms with Gasteiger partial charge in [0.15, 0.2) is 0 Å². The van der Waals surface area contributed by atoms with Crippen molar-refractivity contribution in [2.24, 2.45) is 0 Å². The van der Waals surface area contributed by atoms with Crippen LogP contribution >= 0.6 is 22.6 Å². The van der Waals surface area contributed by atoms with E-state index in [-0.39, 0.29) is 19.4 Å². The van der Waals surface area contributed by atoms with Gasteiger partial charge in [-0.05, 0) is 40.3 Å². The SMILES string of the molecule is O=C(O)CCC(=O)OCc1ccc(I)cc1. The molecule has 0 fully saturated rings. The number of halogens is 1. The first kappa shape index (κ1) is 13.0. The van der Waals surface area contributed by atoms with Crippen LogP contribution in [0.5, 0.6) is 0 Å². The van der Waals surface area contributed by atoms with Crippen LogP contribution in [-0.4, -0.2) is 17.0 Å². The molecule has 0 saturated carbocycles. The third-order valence-electron chi connectivity index (χ3n) is 1.86. The summed E-state index contributed by atoms with van der Waals surface area (Å²) < 4.78 is 6.02. The number of esters is 1. The number of aliphatic carboxylic acids is 1. The second-order valence-corrected chi connectivity index (χ2v) is 4.43. The number of hydrogen-bond acceptors (Lipinski definition) is 3. The fourth-order valence-corrected chi connectivity index (χ4v) is 1.39. The summed E-state index contributed by atoms with van der Waals surface area (Å²) in [6.07, 6.45) is -0.273. The Bertz CT molecular complexity index is 372. The molecule has 0 aliphatic carbocycles. The Morgan fingerprint density at radius 3 is 2.38 bits per heavy atom. The van der Waals surface area contributed by atoms with Crippen LogP contribution in [0.25, 0.3) is 0 Å². The summed E-state index contributed by atoms with van der Waals surface area (Å²) in [5.74, 6) is -1.48. The summed E-state index contributed by atoms with van der Waals surface area (Å²) in [7, 11) is 0. The minimum atomic E-state index is -0.994. The third-order valence-corrected chi connectivity index (χ3v) is 2.58. The number of carbonyl (C=O) groups is 2. The van der Waals surface area contributed by atoms with Crippen LogP contribution in [0.3, 0.4) is 0 Å². The largest absolute Gasteiger partial charge is 0.481 e. The van der Waals surface area contributed by atoms with Crippen LogP contribution in [-0.2, 0) is 20.9 Å². The minimum absolute atomic E-state index is 0.0836.